The van der Waals surface area contributed by atoms with Crippen molar-refractivity contribution < 1.29 is 9.90 Å². The van der Waals surface area contributed by atoms with E-state index in [-0.39, 0.29) is 0 Å². The van der Waals surface area contributed by atoms with E-state index < -0.39 is 5.97 Å². The molecule has 1 aromatic carbocycles. The van der Waals surface area contributed by atoms with Crippen molar-refractivity contribution in [2.24, 2.45) is 0 Å². The molecule has 0 saturated carbocycles. The summed E-state index contributed by atoms with van der Waals surface area (Å²) in [6.45, 7) is 1.87. The third kappa shape index (κ3) is 1.93. The van der Waals surface area contributed by atoms with Crippen molar-refractivity contribution in [3.63, 3.8) is 0 Å². The van der Waals surface area contributed by atoms with Crippen molar-refractivity contribution in [3.8, 4) is 11.1 Å². The van der Waals surface area contributed by atoms with E-state index in [0.717, 1.165) is 11.1 Å². The van der Waals surface area contributed by atoms with Gasteiger partial charge in [0.05, 0.1) is 5.56 Å². The van der Waals surface area contributed by atoms with E-state index in [2.05, 4.69) is 4.98 Å². The Morgan fingerprint density at radius 3 is 2.75 bits per heavy atom. The van der Waals surface area contributed by atoms with Gasteiger partial charge in [-0.3, -0.25) is 4.98 Å². The molecular formula is C13H11NO2. The number of carbonyl (C=O) groups is 1. The molecule has 0 aliphatic carbocycles. The summed E-state index contributed by atoms with van der Waals surface area (Å²) in [6.07, 6.45) is 3.33. The minimum Gasteiger partial charge on any atom is -0.478 e. The van der Waals surface area contributed by atoms with Crippen molar-refractivity contribution in [3.05, 3.63) is 53.9 Å². The average Bonchev–Trinajstić information content (AvgIpc) is 2.30. The number of aryl methyl sites for hydroxylation is 1. The molecule has 1 N–H and O–H groups in total. The summed E-state index contributed by atoms with van der Waals surface area (Å²) in [5, 5.41) is 9.13. The molecule has 0 radical (unpaired) electrons. The molecule has 16 heavy (non-hydrogen) atoms. The normalized spacial score (nSPS) is 10.1. The number of nitrogens with zero attached hydrogens (tertiary/aromatic N) is 1. The topological polar surface area (TPSA) is 50.2 Å². The van der Waals surface area contributed by atoms with Crippen LogP contribution in [0.1, 0.15) is 15.9 Å². The third-order valence-electron chi connectivity index (χ3n) is 2.38. The number of hydrogen-bond donors (Lipinski definition) is 1. The Morgan fingerprint density at radius 2 is 2.12 bits per heavy atom. The first-order chi connectivity index (χ1) is 7.68. The molecule has 0 fully saturated rings. The van der Waals surface area contributed by atoms with E-state index in [4.69, 9.17) is 5.11 Å². The van der Waals surface area contributed by atoms with Gasteiger partial charge < -0.3 is 5.11 Å². The highest BCUT2D eigenvalue weighted by molar-refractivity contribution is 5.96. The van der Waals surface area contributed by atoms with Crippen LogP contribution in [0.4, 0.5) is 0 Å². The maximum atomic E-state index is 11.1. The molecule has 1 aromatic heterocycles. The standard InChI is InChI=1S/C13H11NO2/c1-9-4-5-11(12(7-9)13(15)16)10-3-2-6-14-8-10/h2-8H,1H3,(H,15,16). The number of hydrogen-bond acceptors (Lipinski definition) is 2. The predicted molar refractivity (Wildman–Crippen MR) is 61.4 cm³/mol. The summed E-state index contributed by atoms with van der Waals surface area (Å²) in [5.74, 6) is -0.914. The highest BCUT2D eigenvalue weighted by Crippen LogP contribution is 2.23. The summed E-state index contributed by atoms with van der Waals surface area (Å²) >= 11 is 0. The fraction of sp³-hybridized carbons (Fsp3) is 0.0769. The van der Waals surface area contributed by atoms with Gasteiger partial charge in [0.15, 0.2) is 0 Å². The summed E-state index contributed by atoms with van der Waals surface area (Å²) < 4.78 is 0. The lowest BCUT2D eigenvalue weighted by molar-refractivity contribution is 0.0697. The van der Waals surface area contributed by atoms with Crippen LogP contribution in [0.15, 0.2) is 42.7 Å². The average molecular weight is 213 g/mol. The first-order valence-electron chi connectivity index (χ1n) is 4.93. The van der Waals surface area contributed by atoms with Gasteiger partial charge in [0.1, 0.15) is 0 Å². The molecule has 0 atom stereocenters. The molecule has 0 unspecified atom stereocenters. The van der Waals surface area contributed by atoms with Gasteiger partial charge in [-0.1, -0.05) is 23.8 Å². The smallest absolute Gasteiger partial charge is 0.336 e. The molecule has 80 valence electrons. The number of carboxylic acid groups (broad SMARTS) is 1. The SMILES string of the molecule is Cc1ccc(-c2cccnc2)c(C(=O)O)c1. The lowest BCUT2D eigenvalue weighted by atomic mass is 9.99. The molecule has 1 heterocycles. The summed E-state index contributed by atoms with van der Waals surface area (Å²) in [6, 6.07) is 9.03. The van der Waals surface area contributed by atoms with Crippen molar-refractivity contribution >= 4 is 5.97 Å². The molecule has 2 rings (SSSR count). The minimum absolute atomic E-state index is 0.313. The second-order valence-electron chi connectivity index (χ2n) is 3.60. The first-order valence-corrected chi connectivity index (χ1v) is 4.93. The van der Waals surface area contributed by atoms with Crippen molar-refractivity contribution in [2.45, 2.75) is 6.92 Å². The van der Waals surface area contributed by atoms with Crippen LogP contribution in [-0.2, 0) is 0 Å². The van der Waals surface area contributed by atoms with E-state index in [1.807, 2.05) is 25.1 Å². The first kappa shape index (κ1) is 10.4. The zero-order valence-corrected chi connectivity index (χ0v) is 8.84. The van der Waals surface area contributed by atoms with Crippen LogP contribution in [0.5, 0.6) is 0 Å². The molecule has 0 amide bonds. The monoisotopic (exact) mass is 213 g/mol. The molecule has 0 spiro atoms. The van der Waals surface area contributed by atoms with Gasteiger partial charge in [-0.05, 0) is 24.6 Å². The van der Waals surface area contributed by atoms with E-state index >= 15 is 0 Å². The fourth-order valence-electron chi connectivity index (χ4n) is 1.61. The maximum Gasteiger partial charge on any atom is 0.336 e. The summed E-state index contributed by atoms with van der Waals surface area (Å²) in [7, 11) is 0. The number of aromatic carboxylic acids is 1. The zero-order chi connectivity index (χ0) is 11.5. The predicted octanol–water partition coefficient (Wildman–Crippen LogP) is 2.76. The van der Waals surface area contributed by atoms with Crippen LogP contribution >= 0.6 is 0 Å². The largest absolute Gasteiger partial charge is 0.478 e. The molecule has 2 aromatic rings. The zero-order valence-electron chi connectivity index (χ0n) is 8.84. The van der Waals surface area contributed by atoms with E-state index in [1.54, 1.807) is 24.5 Å². The van der Waals surface area contributed by atoms with Crippen LogP contribution < -0.4 is 0 Å². The highest BCUT2D eigenvalue weighted by Gasteiger charge is 2.11. The molecule has 0 saturated heterocycles. The number of rotatable bonds is 2. The Kier molecular flexibility index (Phi) is 2.68. The lowest BCUT2D eigenvalue weighted by Gasteiger charge is -2.06. The van der Waals surface area contributed by atoms with Crippen LogP contribution in [0.2, 0.25) is 0 Å². The molecule has 3 heteroatoms. The Bertz CT molecular complexity index is 521. The Labute approximate surface area is 93.4 Å². The summed E-state index contributed by atoms with van der Waals surface area (Å²) in [4.78, 5) is 15.1. The minimum atomic E-state index is -0.914. The van der Waals surface area contributed by atoms with Gasteiger partial charge in [-0.2, -0.15) is 0 Å². The molecule has 0 bridgehead atoms. The Balaban J connectivity index is 2.61. The lowest BCUT2D eigenvalue weighted by Crippen LogP contribution is -2.00. The molecule has 0 aliphatic rings. The van der Waals surface area contributed by atoms with Crippen molar-refractivity contribution in [2.75, 3.05) is 0 Å². The number of aromatic nitrogens is 1. The van der Waals surface area contributed by atoms with E-state index in [9.17, 15) is 4.79 Å². The summed E-state index contributed by atoms with van der Waals surface area (Å²) in [5.41, 5.74) is 2.77. The molecular weight excluding hydrogens is 202 g/mol. The van der Waals surface area contributed by atoms with Crippen LogP contribution in [0, 0.1) is 6.92 Å². The Hall–Kier alpha value is -2.16. The quantitative estimate of drug-likeness (QED) is 0.834. The van der Waals surface area contributed by atoms with Crippen LogP contribution in [0.3, 0.4) is 0 Å². The number of carboxylic acids is 1. The second kappa shape index (κ2) is 4.14. The van der Waals surface area contributed by atoms with Gasteiger partial charge in [-0.15, -0.1) is 0 Å². The van der Waals surface area contributed by atoms with Gasteiger partial charge >= 0.3 is 5.97 Å². The van der Waals surface area contributed by atoms with Gasteiger partial charge in [0.2, 0.25) is 0 Å². The van der Waals surface area contributed by atoms with Crippen LogP contribution in [-0.4, -0.2) is 16.1 Å². The van der Waals surface area contributed by atoms with E-state index in [0.29, 0.717) is 11.1 Å². The second-order valence-corrected chi connectivity index (χ2v) is 3.60. The van der Waals surface area contributed by atoms with Crippen molar-refractivity contribution in [1.29, 1.82) is 0 Å². The fourth-order valence-corrected chi connectivity index (χ4v) is 1.61. The number of pyridine rings is 1. The molecule has 0 aliphatic heterocycles. The van der Waals surface area contributed by atoms with Gasteiger partial charge in [-0.25, -0.2) is 4.79 Å². The molecule has 3 nitrogen and oxygen atoms in total. The van der Waals surface area contributed by atoms with E-state index in [1.165, 1.54) is 0 Å². The van der Waals surface area contributed by atoms with Gasteiger partial charge in [0.25, 0.3) is 0 Å². The van der Waals surface area contributed by atoms with Crippen molar-refractivity contribution in [1.82, 2.24) is 4.98 Å². The van der Waals surface area contributed by atoms with Crippen LogP contribution in [0.25, 0.3) is 11.1 Å². The maximum absolute atomic E-state index is 11.1. The van der Waals surface area contributed by atoms with Gasteiger partial charge in [0, 0.05) is 18.0 Å². The third-order valence-corrected chi connectivity index (χ3v) is 2.38. The highest BCUT2D eigenvalue weighted by atomic mass is 16.4. The Morgan fingerprint density at radius 1 is 1.31 bits per heavy atom. The number of benzene rings is 1.